The maximum Gasteiger partial charge on any atom is 0.525 e. The van der Waals surface area contributed by atoms with Gasteiger partial charge < -0.3 is 29.9 Å². The number of anilines is 2. The van der Waals surface area contributed by atoms with Crippen molar-refractivity contribution in [3.8, 4) is 5.75 Å². The van der Waals surface area contributed by atoms with Gasteiger partial charge in [-0.25, -0.2) is 13.2 Å². The number of ether oxygens (including phenoxy) is 1. The normalized spacial score (nSPS) is 19.7. The fourth-order valence-electron chi connectivity index (χ4n) is 7.16. The number of carbonyl (C=O) groups is 3. The van der Waals surface area contributed by atoms with E-state index in [0.29, 0.717) is 37.6 Å². The third-order valence-corrected chi connectivity index (χ3v) is 10.3. The molecule has 2 aliphatic heterocycles. The molecule has 2 fully saturated rings. The number of rotatable bonds is 9. The minimum Gasteiger partial charge on any atom is -0.492 e. The van der Waals surface area contributed by atoms with Crippen LogP contribution in [0.2, 0.25) is 0 Å². The zero-order valence-electron chi connectivity index (χ0n) is 30.8. The van der Waals surface area contributed by atoms with Gasteiger partial charge in [-0.2, -0.15) is 0 Å². The molecule has 4 N–H and O–H groups in total. The molecule has 278 valence electrons. The second-order valence-electron chi connectivity index (χ2n) is 15.6. The summed E-state index contributed by atoms with van der Waals surface area (Å²) in [5, 5.41) is 14.3. The number of hydroxylamine groups is 2. The fraction of sp³-hybridized carbons (Fsp3) is 0.528. The number of aromatic amines is 1. The molecule has 2 aromatic carbocycles. The highest BCUT2D eigenvalue weighted by atomic mass is 32.2. The van der Waals surface area contributed by atoms with Gasteiger partial charge in [0.2, 0.25) is 15.9 Å². The molecule has 15 heteroatoms. The lowest BCUT2D eigenvalue weighted by atomic mass is 9.73. The van der Waals surface area contributed by atoms with Gasteiger partial charge in [-0.1, -0.05) is 59.7 Å². The predicted octanol–water partition coefficient (Wildman–Crippen LogP) is 5.26. The van der Waals surface area contributed by atoms with E-state index in [0.717, 1.165) is 28.3 Å². The number of aromatic nitrogens is 1. The number of hydrogen-bond acceptors (Lipinski definition) is 9. The highest BCUT2D eigenvalue weighted by molar-refractivity contribution is 7.92. The number of benzene rings is 2. The topological polar surface area (TPSA) is 174 Å². The zero-order chi connectivity index (χ0) is 37.6. The average Bonchev–Trinajstić information content (AvgIpc) is 3.45. The number of methoxy groups -OCH3 is 1. The lowest BCUT2D eigenvalue weighted by molar-refractivity contribution is -0.248. The molecular weight excluding hydrogens is 676 g/mol. The molecule has 2 saturated heterocycles. The Bertz CT molecular complexity index is 1920. The Kier molecular flexibility index (Phi) is 10.4. The van der Waals surface area contributed by atoms with E-state index in [1.54, 1.807) is 18.2 Å². The molecule has 3 unspecified atom stereocenters. The first-order chi connectivity index (χ1) is 23.7. The number of amides is 2. The number of sulfonamides is 1. The predicted molar refractivity (Wildman–Crippen MR) is 196 cm³/mol. The van der Waals surface area contributed by atoms with Crippen molar-refractivity contribution >= 4 is 50.3 Å². The monoisotopic (exact) mass is 726 g/mol. The maximum atomic E-state index is 13.7. The van der Waals surface area contributed by atoms with Crippen molar-refractivity contribution < 1.29 is 37.5 Å². The van der Waals surface area contributed by atoms with E-state index in [1.807, 2.05) is 64.6 Å². The fourth-order valence-corrected chi connectivity index (χ4v) is 7.71. The molecule has 51 heavy (non-hydrogen) atoms. The van der Waals surface area contributed by atoms with Gasteiger partial charge in [0.15, 0.2) is 5.75 Å². The van der Waals surface area contributed by atoms with Crippen LogP contribution in [0, 0.1) is 11.3 Å². The van der Waals surface area contributed by atoms with Crippen LogP contribution in [0.5, 0.6) is 5.75 Å². The van der Waals surface area contributed by atoms with Crippen LogP contribution in [0.4, 0.5) is 16.2 Å². The van der Waals surface area contributed by atoms with Crippen molar-refractivity contribution in [1.29, 1.82) is 0 Å². The average molecular weight is 727 g/mol. The van der Waals surface area contributed by atoms with Crippen LogP contribution in [0.25, 0.3) is 10.9 Å². The first-order valence-electron chi connectivity index (χ1n) is 17.0. The second kappa shape index (κ2) is 14.0. The Hall–Kier alpha value is -4.34. The second-order valence-corrected chi connectivity index (χ2v) is 17.3. The number of carbonyl (C=O) groups excluding carboxylic acids is 2. The van der Waals surface area contributed by atoms with E-state index >= 15 is 0 Å². The lowest BCUT2D eigenvalue weighted by Crippen LogP contribution is -2.67. The number of piperazine rings is 1. The summed E-state index contributed by atoms with van der Waals surface area (Å²) in [4.78, 5) is 50.9. The summed E-state index contributed by atoms with van der Waals surface area (Å²) in [5.41, 5.74) is 2.82. The number of nitrogens with zero attached hydrogens (tertiary/aromatic N) is 3. The molecule has 2 amide bonds. The van der Waals surface area contributed by atoms with Gasteiger partial charge in [-0.15, -0.1) is 5.06 Å². The van der Waals surface area contributed by atoms with Gasteiger partial charge in [0, 0.05) is 44.2 Å². The maximum absolute atomic E-state index is 13.7. The van der Waals surface area contributed by atoms with Crippen LogP contribution in [-0.4, -0.2) is 103 Å². The van der Waals surface area contributed by atoms with Crippen LogP contribution in [-0.2, 0) is 25.1 Å². The van der Waals surface area contributed by atoms with E-state index in [2.05, 4.69) is 26.8 Å². The summed E-state index contributed by atoms with van der Waals surface area (Å²) in [6.45, 7) is 16.6. The summed E-state index contributed by atoms with van der Waals surface area (Å²) >= 11 is 0. The molecule has 5 rings (SSSR count). The number of hydrogen-bond donors (Lipinski definition) is 4. The molecule has 0 radical (unpaired) electrons. The largest absolute Gasteiger partial charge is 0.525 e. The van der Waals surface area contributed by atoms with E-state index in [1.165, 1.54) is 12.2 Å². The molecule has 0 saturated carbocycles. The van der Waals surface area contributed by atoms with E-state index < -0.39 is 22.1 Å². The number of carboxylic acid groups (broad SMARTS) is 1. The van der Waals surface area contributed by atoms with Gasteiger partial charge in [0.1, 0.15) is 5.69 Å². The van der Waals surface area contributed by atoms with Crippen LogP contribution in [0.15, 0.2) is 36.4 Å². The van der Waals surface area contributed by atoms with E-state index in [4.69, 9.17) is 14.7 Å². The first kappa shape index (κ1) is 37.9. The van der Waals surface area contributed by atoms with Gasteiger partial charge in [-0.3, -0.25) is 19.2 Å². The molecule has 1 aromatic heterocycles. The lowest BCUT2D eigenvalue weighted by Gasteiger charge is -2.52. The molecule has 0 spiro atoms. The molecule has 14 nitrogen and oxygen atoms in total. The van der Waals surface area contributed by atoms with Crippen molar-refractivity contribution in [3.63, 3.8) is 0 Å². The molecule has 3 aromatic rings. The highest BCUT2D eigenvalue weighted by Gasteiger charge is 2.53. The Labute approximate surface area is 299 Å². The van der Waals surface area contributed by atoms with Crippen molar-refractivity contribution in [1.82, 2.24) is 19.8 Å². The van der Waals surface area contributed by atoms with Crippen molar-refractivity contribution in [3.05, 3.63) is 53.2 Å². The van der Waals surface area contributed by atoms with Crippen molar-refractivity contribution in [2.24, 2.45) is 11.3 Å². The molecule has 2 aliphatic rings. The van der Waals surface area contributed by atoms with Crippen molar-refractivity contribution in [2.75, 3.05) is 56.1 Å². The van der Waals surface area contributed by atoms with Gasteiger partial charge >= 0.3 is 6.16 Å². The standard InChI is InChI=1S/C36H50N6O8S/c1-21(40-13-15-41(16-14-40)33(44)25-20-42(50-34(45)46)31(25)36(5,6)7)24-12-10-11-22-17-28(37-29(22)24)32(43)38-26-18-23(35(2,3)4)19-27(30(26)49-8)39-51(9,47)48/h10-12,17-19,21,25,31,37,39H,13-16,20H2,1-9H3,(H,38,43)(H,45,46). The van der Waals surface area contributed by atoms with Crippen LogP contribution >= 0.6 is 0 Å². The minimum absolute atomic E-state index is 0.0125. The van der Waals surface area contributed by atoms with Crippen LogP contribution < -0.4 is 14.8 Å². The molecule has 3 heterocycles. The van der Waals surface area contributed by atoms with Gasteiger partial charge in [-0.05, 0) is 47.1 Å². The molecular formula is C36H50N6O8S. The number of para-hydroxylation sites is 1. The summed E-state index contributed by atoms with van der Waals surface area (Å²) < 4.78 is 32.4. The summed E-state index contributed by atoms with van der Waals surface area (Å²) in [6, 6.07) is 10.8. The Morgan fingerprint density at radius 1 is 1.00 bits per heavy atom. The quantitative estimate of drug-likeness (QED) is 0.228. The summed E-state index contributed by atoms with van der Waals surface area (Å²) in [7, 11) is -2.21. The van der Waals surface area contributed by atoms with E-state index in [9.17, 15) is 22.8 Å². The number of fused-ring (bicyclic) bond motifs is 1. The molecule has 0 aliphatic carbocycles. The first-order valence-corrected chi connectivity index (χ1v) is 18.9. The SMILES string of the molecule is COc1c(NC(=O)c2cc3cccc(C(C)N4CCN(C(=O)C5CN(OC(=O)O)C5C(C)(C)C)CC4)c3[nH]2)cc(C(C)(C)C)cc1NS(C)(=O)=O. The zero-order valence-corrected chi connectivity index (χ0v) is 31.6. The summed E-state index contributed by atoms with van der Waals surface area (Å²) in [5.74, 6) is -0.548. The Morgan fingerprint density at radius 3 is 2.22 bits per heavy atom. The minimum atomic E-state index is -3.63. The van der Waals surface area contributed by atoms with Gasteiger partial charge in [0.25, 0.3) is 5.91 Å². The Morgan fingerprint density at radius 2 is 1.65 bits per heavy atom. The van der Waals surface area contributed by atoms with Crippen LogP contribution in [0.1, 0.15) is 76.1 Å². The Balaban J connectivity index is 1.31. The van der Waals surface area contributed by atoms with E-state index in [-0.39, 0.29) is 52.7 Å². The number of nitrogens with one attached hydrogen (secondary N) is 3. The molecule has 3 atom stereocenters. The third kappa shape index (κ3) is 8.26. The highest BCUT2D eigenvalue weighted by Crippen LogP contribution is 2.41. The molecule has 0 bridgehead atoms. The van der Waals surface area contributed by atoms with Crippen LogP contribution in [0.3, 0.4) is 0 Å². The summed E-state index contributed by atoms with van der Waals surface area (Å²) in [6.07, 6.45) is -0.324. The number of H-pyrrole nitrogens is 1. The van der Waals surface area contributed by atoms with Gasteiger partial charge in [0.05, 0.1) is 42.2 Å². The van der Waals surface area contributed by atoms with Crippen molar-refractivity contribution in [2.45, 2.75) is 66.0 Å². The smallest absolute Gasteiger partial charge is 0.492 e. The third-order valence-electron chi connectivity index (χ3n) is 9.73.